The van der Waals surface area contributed by atoms with E-state index in [1.165, 1.54) is 16.9 Å². The molecule has 1 aromatic rings. The number of nitriles is 1. The minimum atomic E-state index is -3.64. The van der Waals surface area contributed by atoms with Crippen LogP contribution in [0.4, 0.5) is 0 Å². The summed E-state index contributed by atoms with van der Waals surface area (Å²) < 4.78 is 26.7. The van der Waals surface area contributed by atoms with Crippen LogP contribution in [0.15, 0.2) is 17.3 Å². The van der Waals surface area contributed by atoms with E-state index < -0.39 is 10.0 Å². The summed E-state index contributed by atoms with van der Waals surface area (Å²) in [5, 5.41) is 12.5. The maximum atomic E-state index is 12.2. The second-order valence-electron chi connectivity index (χ2n) is 3.60. The number of hydrogen-bond donors (Lipinski definition) is 0. The highest BCUT2D eigenvalue weighted by Crippen LogP contribution is 2.16. The Morgan fingerprint density at radius 2 is 2.25 bits per heavy atom. The van der Waals surface area contributed by atoms with Crippen molar-refractivity contribution in [2.24, 2.45) is 7.05 Å². The molecule has 0 spiro atoms. The smallest absolute Gasteiger partial charge is 0.256 e. The molecule has 0 aromatic carbocycles. The maximum absolute atomic E-state index is 12.2. The van der Waals surface area contributed by atoms with Crippen molar-refractivity contribution in [1.29, 1.82) is 5.26 Å². The van der Waals surface area contributed by atoms with E-state index in [9.17, 15) is 8.42 Å². The SMILES string of the molecule is CC(C)N(CC#N)S(=O)(=O)c1ccnn1C. The zero-order valence-corrected chi connectivity index (χ0v) is 10.3. The van der Waals surface area contributed by atoms with Gasteiger partial charge in [0.15, 0.2) is 5.03 Å². The second-order valence-corrected chi connectivity index (χ2v) is 5.43. The van der Waals surface area contributed by atoms with Crippen LogP contribution in [0.3, 0.4) is 0 Å². The summed E-state index contributed by atoms with van der Waals surface area (Å²) in [5.74, 6) is 0. The van der Waals surface area contributed by atoms with Gasteiger partial charge in [0, 0.05) is 13.1 Å². The van der Waals surface area contributed by atoms with Gasteiger partial charge in [-0.3, -0.25) is 4.68 Å². The lowest BCUT2D eigenvalue weighted by Crippen LogP contribution is -2.38. The van der Waals surface area contributed by atoms with Crippen LogP contribution < -0.4 is 0 Å². The van der Waals surface area contributed by atoms with Crippen molar-refractivity contribution in [3.63, 3.8) is 0 Å². The molecule has 1 rings (SSSR count). The molecule has 0 bridgehead atoms. The van der Waals surface area contributed by atoms with Crippen molar-refractivity contribution in [2.45, 2.75) is 24.9 Å². The molecule has 0 amide bonds. The third-order valence-electron chi connectivity index (χ3n) is 2.15. The van der Waals surface area contributed by atoms with Gasteiger partial charge in [-0.15, -0.1) is 0 Å². The zero-order valence-electron chi connectivity index (χ0n) is 9.45. The van der Waals surface area contributed by atoms with Gasteiger partial charge in [0.25, 0.3) is 10.0 Å². The fraction of sp³-hybridized carbons (Fsp3) is 0.556. The monoisotopic (exact) mass is 242 g/mol. The first-order chi connectivity index (χ1) is 7.41. The zero-order chi connectivity index (χ0) is 12.3. The summed E-state index contributed by atoms with van der Waals surface area (Å²) in [6.07, 6.45) is 1.41. The van der Waals surface area contributed by atoms with Gasteiger partial charge in [0.05, 0.1) is 12.3 Å². The Morgan fingerprint density at radius 3 is 2.62 bits per heavy atom. The lowest BCUT2D eigenvalue weighted by atomic mass is 10.4. The van der Waals surface area contributed by atoms with E-state index in [2.05, 4.69) is 5.10 Å². The molecule has 0 aliphatic carbocycles. The van der Waals surface area contributed by atoms with Crippen LogP contribution in [-0.4, -0.2) is 35.1 Å². The Balaban J connectivity index is 3.20. The van der Waals surface area contributed by atoms with E-state index in [1.807, 2.05) is 6.07 Å². The number of aryl methyl sites for hydroxylation is 1. The van der Waals surface area contributed by atoms with Crippen LogP contribution in [0, 0.1) is 11.3 Å². The van der Waals surface area contributed by atoms with Crippen molar-refractivity contribution in [1.82, 2.24) is 14.1 Å². The molecule has 0 unspecified atom stereocenters. The van der Waals surface area contributed by atoms with E-state index in [0.29, 0.717) is 0 Å². The van der Waals surface area contributed by atoms with Crippen molar-refractivity contribution in [3.05, 3.63) is 12.3 Å². The highest BCUT2D eigenvalue weighted by molar-refractivity contribution is 7.89. The van der Waals surface area contributed by atoms with Gasteiger partial charge >= 0.3 is 0 Å². The summed E-state index contributed by atoms with van der Waals surface area (Å²) in [4.78, 5) is 0. The van der Waals surface area contributed by atoms with Crippen molar-refractivity contribution in [3.8, 4) is 6.07 Å². The van der Waals surface area contributed by atoms with E-state index in [-0.39, 0.29) is 17.6 Å². The van der Waals surface area contributed by atoms with E-state index in [4.69, 9.17) is 5.26 Å². The molecule has 6 nitrogen and oxygen atoms in total. The standard InChI is InChI=1S/C9H14N4O2S/c1-8(2)13(7-5-10)16(14,15)9-4-6-11-12(9)3/h4,6,8H,7H2,1-3H3. The van der Waals surface area contributed by atoms with Gasteiger partial charge in [-0.25, -0.2) is 8.42 Å². The summed E-state index contributed by atoms with van der Waals surface area (Å²) in [7, 11) is -2.09. The van der Waals surface area contributed by atoms with Crippen LogP contribution >= 0.6 is 0 Å². The van der Waals surface area contributed by atoms with Gasteiger partial charge in [-0.1, -0.05) is 0 Å². The van der Waals surface area contributed by atoms with Crippen LogP contribution in [0.5, 0.6) is 0 Å². The largest absolute Gasteiger partial charge is 0.261 e. The maximum Gasteiger partial charge on any atom is 0.261 e. The lowest BCUT2D eigenvalue weighted by molar-refractivity contribution is 0.381. The van der Waals surface area contributed by atoms with E-state index in [1.54, 1.807) is 20.9 Å². The third kappa shape index (κ3) is 2.23. The topological polar surface area (TPSA) is 79.0 Å². The summed E-state index contributed by atoms with van der Waals surface area (Å²) in [5.41, 5.74) is 0. The molecular weight excluding hydrogens is 228 g/mol. The molecular formula is C9H14N4O2S. The fourth-order valence-electron chi connectivity index (χ4n) is 1.35. The number of sulfonamides is 1. The molecule has 0 saturated carbocycles. The quantitative estimate of drug-likeness (QED) is 0.713. The highest BCUT2D eigenvalue weighted by atomic mass is 32.2. The first-order valence-electron chi connectivity index (χ1n) is 4.78. The molecule has 0 aliphatic heterocycles. The first-order valence-corrected chi connectivity index (χ1v) is 6.22. The van der Waals surface area contributed by atoms with Gasteiger partial charge < -0.3 is 0 Å². The van der Waals surface area contributed by atoms with E-state index in [0.717, 1.165) is 4.31 Å². The van der Waals surface area contributed by atoms with Gasteiger partial charge in [-0.05, 0) is 19.9 Å². The summed E-state index contributed by atoms with van der Waals surface area (Å²) >= 11 is 0. The fourth-order valence-corrected chi connectivity index (χ4v) is 2.99. The Bertz CT molecular complexity index is 498. The number of aromatic nitrogens is 2. The minimum absolute atomic E-state index is 0.0939. The highest BCUT2D eigenvalue weighted by Gasteiger charge is 2.29. The number of hydrogen-bond acceptors (Lipinski definition) is 4. The Morgan fingerprint density at radius 1 is 1.62 bits per heavy atom. The second kappa shape index (κ2) is 4.63. The van der Waals surface area contributed by atoms with Crippen LogP contribution in [-0.2, 0) is 17.1 Å². The van der Waals surface area contributed by atoms with Gasteiger partial charge in [0.1, 0.15) is 6.54 Å². The lowest BCUT2D eigenvalue weighted by Gasteiger charge is -2.22. The molecule has 0 N–H and O–H groups in total. The Labute approximate surface area is 95.1 Å². The molecule has 16 heavy (non-hydrogen) atoms. The predicted octanol–water partition coefficient (Wildman–Crippen LogP) is 0.343. The normalized spacial score (nSPS) is 12.0. The van der Waals surface area contributed by atoms with Crippen LogP contribution in [0.2, 0.25) is 0 Å². The van der Waals surface area contributed by atoms with Crippen molar-refractivity contribution in [2.75, 3.05) is 6.54 Å². The number of rotatable bonds is 4. The molecule has 0 saturated heterocycles. The van der Waals surface area contributed by atoms with Gasteiger partial charge in [0.2, 0.25) is 0 Å². The first kappa shape index (κ1) is 12.7. The molecule has 0 radical (unpaired) electrons. The van der Waals surface area contributed by atoms with Gasteiger partial charge in [-0.2, -0.15) is 14.7 Å². The molecule has 0 aliphatic rings. The van der Waals surface area contributed by atoms with Crippen molar-refractivity contribution >= 4 is 10.0 Å². The average molecular weight is 242 g/mol. The van der Waals surface area contributed by atoms with Crippen LogP contribution in [0.25, 0.3) is 0 Å². The Kier molecular flexibility index (Phi) is 3.67. The summed E-state index contributed by atoms with van der Waals surface area (Å²) in [6, 6.07) is 3.01. The van der Waals surface area contributed by atoms with Crippen LogP contribution in [0.1, 0.15) is 13.8 Å². The van der Waals surface area contributed by atoms with E-state index >= 15 is 0 Å². The molecule has 1 aromatic heterocycles. The Hall–Kier alpha value is -1.39. The molecule has 0 atom stereocenters. The average Bonchev–Trinajstić information content (AvgIpc) is 2.60. The third-order valence-corrected chi connectivity index (χ3v) is 4.25. The molecule has 0 fully saturated rings. The predicted molar refractivity (Wildman–Crippen MR) is 57.8 cm³/mol. The molecule has 1 heterocycles. The molecule has 88 valence electrons. The minimum Gasteiger partial charge on any atom is -0.256 e. The van der Waals surface area contributed by atoms with Crippen molar-refractivity contribution < 1.29 is 8.42 Å². The number of nitrogens with zero attached hydrogens (tertiary/aromatic N) is 4. The summed E-state index contributed by atoms with van der Waals surface area (Å²) in [6.45, 7) is 3.29. The molecule has 7 heteroatoms.